The number of rotatable bonds is 3. The van der Waals surface area contributed by atoms with E-state index >= 15 is 0 Å². The number of aryl methyl sites for hydroxylation is 2. The van der Waals surface area contributed by atoms with Gasteiger partial charge in [-0.05, 0) is 43.2 Å². The Morgan fingerprint density at radius 2 is 1.78 bits per heavy atom. The van der Waals surface area contributed by atoms with Crippen molar-refractivity contribution in [1.29, 1.82) is 0 Å². The van der Waals surface area contributed by atoms with E-state index in [2.05, 4.69) is 32.0 Å². The lowest BCUT2D eigenvalue weighted by Crippen LogP contribution is -1.92. The molecule has 0 saturated carbocycles. The van der Waals surface area contributed by atoms with Gasteiger partial charge in [0.15, 0.2) is 0 Å². The number of hydrogen-bond donors (Lipinski definition) is 0. The van der Waals surface area contributed by atoms with Gasteiger partial charge in [0.2, 0.25) is 0 Å². The maximum atomic E-state index is 10.9. The number of hydrogen-bond acceptors (Lipinski definition) is 2. The van der Waals surface area contributed by atoms with Gasteiger partial charge >= 0.3 is 0 Å². The van der Waals surface area contributed by atoms with Crippen molar-refractivity contribution >= 4 is 6.29 Å². The van der Waals surface area contributed by atoms with Crippen LogP contribution in [0.4, 0.5) is 0 Å². The van der Waals surface area contributed by atoms with E-state index in [9.17, 15) is 4.79 Å². The maximum absolute atomic E-state index is 10.9. The lowest BCUT2D eigenvalue weighted by Gasteiger charge is -2.12. The molecule has 0 aliphatic heterocycles. The second-order valence-electron chi connectivity index (χ2n) is 4.40. The summed E-state index contributed by atoms with van der Waals surface area (Å²) in [6.07, 6.45) is 0.855. The SMILES string of the molecule is COc1ccc(C=O)cc1-c1cc(C)ccc1C. The second-order valence-corrected chi connectivity index (χ2v) is 4.40. The summed E-state index contributed by atoms with van der Waals surface area (Å²) in [5.41, 5.74) is 5.08. The van der Waals surface area contributed by atoms with Crippen molar-refractivity contribution in [2.24, 2.45) is 0 Å². The lowest BCUT2D eigenvalue weighted by atomic mass is 9.96. The summed E-state index contributed by atoms with van der Waals surface area (Å²) in [7, 11) is 1.64. The molecule has 0 atom stereocenters. The summed E-state index contributed by atoms with van der Waals surface area (Å²) in [5, 5.41) is 0. The molecule has 0 spiro atoms. The minimum atomic E-state index is 0.659. The van der Waals surface area contributed by atoms with Crippen molar-refractivity contribution in [3.05, 3.63) is 53.1 Å². The first-order chi connectivity index (χ1) is 8.65. The predicted octanol–water partition coefficient (Wildman–Crippen LogP) is 3.79. The van der Waals surface area contributed by atoms with Crippen LogP contribution in [-0.2, 0) is 0 Å². The number of aldehydes is 1. The molecular formula is C16H16O2. The molecule has 0 N–H and O–H groups in total. The highest BCUT2D eigenvalue weighted by molar-refractivity contribution is 5.82. The summed E-state index contributed by atoms with van der Waals surface area (Å²) < 4.78 is 5.38. The molecule has 0 radical (unpaired) electrons. The fraction of sp³-hybridized carbons (Fsp3) is 0.188. The molecule has 0 bridgehead atoms. The van der Waals surface area contributed by atoms with Crippen LogP contribution in [0.3, 0.4) is 0 Å². The first-order valence-electron chi connectivity index (χ1n) is 5.86. The van der Waals surface area contributed by atoms with Gasteiger partial charge in [-0.1, -0.05) is 23.8 Å². The van der Waals surface area contributed by atoms with Gasteiger partial charge in [0.05, 0.1) is 7.11 Å². The fourth-order valence-corrected chi connectivity index (χ4v) is 2.04. The van der Waals surface area contributed by atoms with Gasteiger partial charge in [-0.3, -0.25) is 4.79 Å². The van der Waals surface area contributed by atoms with E-state index in [4.69, 9.17) is 4.74 Å². The third-order valence-electron chi connectivity index (χ3n) is 3.04. The van der Waals surface area contributed by atoms with E-state index in [1.54, 1.807) is 13.2 Å². The van der Waals surface area contributed by atoms with Crippen molar-refractivity contribution < 1.29 is 9.53 Å². The van der Waals surface area contributed by atoms with Crippen LogP contribution in [0.5, 0.6) is 5.75 Å². The molecule has 0 saturated heterocycles. The van der Waals surface area contributed by atoms with Crippen LogP contribution in [-0.4, -0.2) is 13.4 Å². The highest BCUT2D eigenvalue weighted by Gasteiger charge is 2.09. The summed E-state index contributed by atoms with van der Waals surface area (Å²) in [6.45, 7) is 4.11. The second kappa shape index (κ2) is 5.05. The van der Waals surface area contributed by atoms with Crippen LogP contribution < -0.4 is 4.74 Å². The monoisotopic (exact) mass is 240 g/mol. The summed E-state index contributed by atoms with van der Waals surface area (Å²) >= 11 is 0. The normalized spacial score (nSPS) is 10.2. The molecule has 92 valence electrons. The molecule has 0 aliphatic carbocycles. The molecule has 2 aromatic carbocycles. The average Bonchev–Trinajstić information content (AvgIpc) is 2.40. The van der Waals surface area contributed by atoms with Crippen LogP contribution in [0.2, 0.25) is 0 Å². The Balaban J connectivity index is 2.67. The maximum Gasteiger partial charge on any atom is 0.150 e. The molecular weight excluding hydrogens is 224 g/mol. The highest BCUT2D eigenvalue weighted by atomic mass is 16.5. The Labute approximate surface area is 107 Å². The molecule has 2 aromatic rings. The minimum Gasteiger partial charge on any atom is -0.496 e. The number of carbonyl (C=O) groups is 1. The Morgan fingerprint density at radius 3 is 2.44 bits per heavy atom. The highest BCUT2D eigenvalue weighted by Crippen LogP contribution is 2.33. The van der Waals surface area contributed by atoms with Crippen LogP contribution in [0.25, 0.3) is 11.1 Å². The third-order valence-corrected chi connectivity index (χ3v) is 3.04. The topological polar surface area (TPSA) is 26.3 Å². The van der Waals surface area contributed by atoms with Gasteiger partial charge in [-0.2, -0.15) is 0 Å². The Bertz CT molecular complexity index is 586. The molecule has 0 unspecified atom stereocenters. The van der Waals surface area contributed by atoms with Crippen molar-refractivity contribution in [2.75, 3.05) is 7.11 Å². The third kappa shape index (κ3) is 2.28. The van der Waals surface area contributed by atoms with Crippen LogP contribution in [0.1, 0.15) is 21.5 Å². The molecule has 2 rings (SSSR count). The van der Waals surface area contributed by atoms with E-state index < -0.39 is 0 Å². The summed E-state index contributed by atoms with van der Waals surface area (Å²) in [4.78, 5) is 10.9. The van der Waals surface area contributed by atoms with Crippen LogP contribution in [0, 0.1) is 13.8 Å². The molecule has 18 heavy (non-hydrogen) atoms. The van der Waals surface area contributed by atoms with Crippen molar-refractivity contribution in [3.63, 3.8) is 0 Å². The molecule has 0 aromatic heterocycles. The quantitative estimate of drug-likeness (QED) is 0.763. The standard InChI is InChI=1S/C16H16O2/c1-11-4-5-12(2)14(8-11)15-9-13(10-17)6-7-16(15)18-3/h4-10H,1-3H3. The van der Waals surface area contributed by atoms with Gasteiger partial charge in [-0.15, -0.1) is 0 Å². The zero-order valence-corrected chi connectivity index (χ0v) is 10.9. The lowest BCUT2D eigenvalue weighted by molar-refractivity contribution is 0.112. The summed E-state index contributed by atoms with van der Waals surface area (Å²) in [6, 6.07) is 11.7. The predicted molar refractivity (Wildman–Crippen MR) is 73.3 cm³/mol. The molecule has 0 heterocycles. The van der Waals surface area contributed by atoms with Crippen molar-refractivity contribution in [3.8, 4) is 16.9 Å². The van der Waals surface area contributed by atoms with E-state index in [-0.39, 0.29) is 0 Å². The number of carbonyl (C=O) groups excluding carboxylic acids is 1. The fourth-order valence-electron chi connectivity index (χ4n) is 2.04. The minimum absolute atomic E-state index is 0.659. The smallest absolute Gasteiger partial charge is 0.150 e. The van der Waals surface area contributed by atoms with E-state index in [1.165, 1.54) is 11.1 Å². The molecule has 0 fully saturated rings. The van der Waals surface area contributed by atoms with Crippen LogP contribution >= 0.6 is 0 Å². The van der Waals surface area contributed by atoms with Gasteiger partial charge in [-0.25, -0.2) is 0 Å². The Morgan fingerprint density at radius 1 is 1.00 bits per heavy atom. The zero-order valence-electron chi connectivity index (χ0n) is 10.9. The zero-order chi connectivity index (χ0) is 13.1. The number of methoxy groups -OCH3 is 1. The Kier molecular flexibility index (Phi) is 3.47. The first-order valence-corrected chi connectivity index (χ1v) is 5.86. The molecule has 0 aliphatic rings. The molecule has 2 nitrogen and oxygen atoms in total. The van der Waals surface area contributed by atoms with Crippen molar-refractivity contribution in [2.45, 2.75) is 13.8 Å². The summed E-state index contributed by atoms with van der Waals surface area (Å²) in [5.74, 6) is 0.786. The van der Waals surface area contributed by atoms with Crippen LogP contribution in [0.15, 0.2) is 36.4 Å². The van der Waals surface area contributed by atoms with Gasteiger partial charge < -0.3 is 4.74 Å². The first kappa shape index (κ1) is 12.4. The number of ether oxygens (including phenoxy) is 1. The van der Waals surface area contributed by atoms with Gasteiger partial charge in [0.25, 0.3) is 0 Å². The largest absolute Gasteiger partial charge is 0.496 e. The van der Waals surface area contributed by atoms with Gasteiger partial charge in [0, 0.05) is 11.1 Å². The van der Waals surface area contributed by atoms with Gasteiger partial charge in [0.1, 0.15) is 12.0 Å². The van der Waals surface area contributed by atoms with Crippen molar-refractivity contribution in [1.82, 2.24) is 0 Å². The Hall–Kier alpha value is -2.09. The molecule has 2 heteroatoms. The molecule has 0 amide bonds. The van der Waals surface area contributed by atoms with E-state index in [0.29, 0.717) is 5.56 Å². The average molecular weight is 240 g/mol. The van der Waals surface area contributed by atoms with E-state index in [1.807, 2.05) is 12.1 Å². The number of benzene rings is 2. The van der Waals surface area contributed by atoms with E-state index in [0.717, 1.165) is 23.2 Å².